The number of nitrogens with zero attached hydrogens (tertiary/aromatic N) is 2. The minimum absolute atomic E-state index is 0.0737. The summed E-state index contributed by atoms with van der Waals surface area (Å²) in [4.78, 5) is 12.7. The van der Waals surface area contributed by atoms with Crippen molar-refractivity contribution < 1.29 is 17.9 Å². The van der Waals surface area contributed by atoms with Gasteiger partial charge in [-0.05, 0) is 48.4 Å². The van der Waals surface area contributed by atoms with Crippen LogP contribution in [0.5, 0.6) is 5.75 Å². The highest BCUT2D eigenvalue weighted by atomic mass is 35.5. The van der Waals surface area contributed by atoms with Gasteiger partial charge in [0.15, 0.2) is 0 Å². The maximum Gasteiger partial charge on any atom is 0.255 e. The van der Waals surface area contributed by atoms with E-state index in [1.807, 2.05) is 6.92 Å². The van der Waals surface area contributed by atoms with E-state index in [4.69, 9.17) is 16.3 Å². The van der Waals surface area contributed by atoms with E-state index in [9.17, 15) is 13.2 Å². The molecule has 0 aliphatic carbocycles. The van der Waals surface area contributed by atoms with Gasteiger partial charge in [0.05, 0.1) is 17.7 Å². The van der Waals surface area contributed by atoms with Gasteiger partial charge in [0.25, 0.3) is 5.91 Å². The Labute approximate surface area is 210 Å². The van der Waals surface area contributed by atoms with Crippen molar-refractivity contribution in [2.45, 2.75) is 18.4 Å². The van der Waals surface area contributed by atoms with Crippen molar-refractivity contribution in [3.8, 4) is 5.75 Å². The number of carbonyl (C=O) groups is 1. The van der Waals surface area contributed by atoms with Crippen LogP contribution in [0.2, 0.25) is 5.02 Å². The summed E-state index contributed by atoms with van der Waals surface area (Å²) in [6.45, 7) is 5.33. The number of halogens is 1. The molecule has 3 aromatic rings. The standard InChI is InChI=1S/C26H26ClN3O4S/c1-3-15-34-23-9-6-7-21(16-23)17-28-29-26(31)19-30(18-22-8-4-5-10-25(22)27)35(32,33)24-13-11-20(2)12-14-24/h3-14,16-17H,1,15,18-19H2,2H3,(H,29,31)/b28-17-. The highest BCUT2D eigenvalue weighted by Gasteiger charge is 2.27. The molecule has 3 aromatic carbocycles. The summed E-state index contributed by atoms with van der Waals surface area (Å²) in [5.74, 6) is 0.0401. The van der Waals surface area contributed by atoms with Crippen molar-refractivity contribution in [2.75, 3.05) is 13.2 Å². The van der Waals surface area contributed by atoms with Crippen LogP contribution in [-0.2, 0) is 21.4 Å². The van der Waals surface area contributed by atoms with Gasteiger partial charge in [0.2, 0.25) is 10.0 Å². The van der Waals surface area contributed by atoms with Gasteiger partial charge in [0, 0.05) is 11.6 Å². The van der Waals surface area contributed by atoms with E-state index < -0.39 is 22.5 Å². The van der Waals surface area contributed by atoms with Crippen LogP contribution in [0.15, 0.2) is 95.4 Å². The number of rotatable bonds is 11. The monoisotopic (exact) mass is 511 g/mol. The molecule has 0 unspecified atom stereocenters. The summed E-state index contributed by atoms with van der Waals surface area (Å²) in [5, 5.41) is 4.37. The summed E-state index contributed by atoms with van der Waals surface area (Å²) < 4.78 is 33.3. The zero-order chi connectivity index (χ0) is 25.3. The summed E-state index contributed by atoms with van der Waals surface area (Å²) in [5.41, 5.74) is 4.60. The first-order chi connectivity index (χ1) is 16.8. The summed E-state index contributed by atoms with van der Waals surface area (Å²) in [7, 11) is -3.98. The maximum atomic E-state index is 13.4. The molecule has 0 saturated carbocycles. The lowest BCUT2D eigenvalue weighted by atomic mass is 10.2. The SMILES string of the molecule is C=CCOc1cccc(/C=N\NC(=O)CN(Cc2ccccc2Cl)S(=O)(=O)c2ccc(C)cc2)c1. The van der Waals surface area contributed by atoms with Gasteiger partial charge in [-0.25, -0.2) is 13.8 Å². The first-order valence-corrected chi connectivity index (χ1v) is 12.6. The molecule has 1 N–H and O–H groups in total. The number of benzene rings is 3. The molecule has 0 fully saturated rings. The summed E-state index contributed by atoms with van der Waals surface area (Å²) in [6, 6.07) is 20.5. The van der Waals surface area contributed by atoms with Crippen molar-refractivity contribution in [3.05, 3.63) is 107 Å². The molecule has 0 bridgehead atoms. The predicted octanol–water partition coefficient (Wildman–Crippen LogP) is 4.55. The number of hydrogen-bond acceptors (Lipinski definition) is 5. The first kappa shape index (κ1) is 26.2. The van der Waals surface area contributed by atoms with E-state index in [-0.39, 0.29) is 11.4 Å². The van der Waals surface area contributed by atoms with E-state index in [2.05, 4.69) is 17.1 Å². The van der Waals surface area contributed by atoms with E-state index >= 15 is 0 Å². The molecule has 0 saturated heterocycles. The Morgan fingerprint density at radius 1 is 1.11 bits per heavy atom. The van der Waals surface area contributed by atoms with Crippen LogP contribution < -0.4 is 10.2 Å². The molecule has 3 rings (SSSR count). The van der Waals surface area contributed by atoms with Crippen LogP contribution in [0.3, 0.4) is 0 Å². The number of hydrazone groups is 1. The molecule has 35 heavy (non-hydrogen) atoms. The number of amides is 1. The third-order valence-corrected chi connectivity index (χ3v) is 7.09. The predicted molar refractivity (Wildman–Crippen MR) is 138 cm³/mol. The molecule has 0 radical (unpaired) electrons. The number of hydrogen-bond donors (Lipinski definition) is 1. The Bertz CT molecular complexity index is 1310. The molecule has 182 valence electrons. The van der Waals surface area contributed by atoms with Crippen LogP contribution in [0.4, 0.5) is 0 Å². The third-order valence-electron chi connectivity index (χ3n) is 4.91. The fourth-order valence-corrected chi connectivity index (χ4v) is 4.69. The lowest BCUT2D eigenvalue weighted by molar-refractivity contribution is -0.121. The van der Waals surface area contributed by atoms with E-state index in [1.165, 1.54) is 18.3 Å². The third kappa shape index (κ3) is 7.51. The van der Waals surface area contributed by atoms with Gasteiger partial charge in [-0.2, -0.15) is 9.41 Å². The highest BCUT2D eigenvalue weighted by molar-refractivity contribution is 7.89. The number of carbonyl (C=O) groups excluding carboxylic acids is 1. The number of ether oxygens (including phenoxy) is 1. The van der Waals surface area contributed by atoms with Crippen LogP contribution >= 0.6 is 11.6 Å². The number of sulfonamides is 1. The van der Waals surface area contributed by atoms with Gasteiger partial charge in [-0.3, -0.25) is 4.79 Å². The topological polar surface area (TPSA) is 88.1 Å². The molecule has 9 heteroatoms. The minimum Gasteiger partial charge on any atom is -0.490 e. The Morgan fingerprint density at radius 2 is 1.86 bits per heavy atom. The van der Waals surface area contributed by atoms with Gasteiger partial charge >= 0.3 is 0 Å². The van der Waals surface area contributed by atoms with Crippen molar-refractivity contribution in [1.29, 1.82) is 0 Å². The Kier molecular flexibility index (Phi) is 9.19. The lowest BCUT2D eigenvalue weighted by Crippen LogP contribution is -2.39. The molecule has 0 aliphatic heterocycles. The average Bonchev–Trinajstić information content (AvgIpc) is 2.84. The number of nitrogens with one attached hydrogen (secondary N) is 1. The van der Waals surface area contributed by atoms with Crippen LogP contribution in [0.1, 0.15) is 16.7 Å². The maximum absolute atomic E-state index is 13.4. The first-order valence-electron chi connectivity index (χ1n) is 10.8. The quantitative estimate of drug-likeness (QED) is 0.232. The molecule has 0 heterocycles. The molecule has 1 amide bonds. The Morgan fingerprint density at radius 3 is 2.57 bits per heavy atom. The lowest BCUT2D eigenvalue weighted by Gasteiger charge is -2.22. The van der Waals surface area contributed by atoms with Crippen molar-refractivity contribution in [2.24, 2.45) is 5.10 Å². The Balaban J connectivity index is 1.76. The molecule has 0 atom stereocenters. The van der Waals surface area contributed by atoms with E-state index in [0.29, 0.717) is 28.5 Å². The van der Waals surface area contributed by atoms with Gasteiger partial charge in [-0.1, -0.05) is 72.3 Å². The fourth-order valence-electron chi connectivity index (χ4n) is 3.12. The molecule has 7 nitrogen and oxygen atoms in total. The van der Waals surface area contributed by atoms with Crippen molar-refractivity contribution >= 4 is 33.7 Å². The molecule has 0 spiro atoms. The second-order valence-electron chi connectivity index (χ2n) is 7.64. The van der Waals surface area contributed by atoms with E-state index in [0.717, 1.165) is 9.87 Å². The summed E-state index contributed by atoms with van der Waals surface area (Å²) >= 11 is 6.26. The van der Waals surface area contributed by atoms with Crippen LogP contribution in [0.25, 0.3) is 0 Å². The minimum atomic E-state index is -3.98. The van der Waals surface area contributed by atoms with Crippen molar-refractivity contribution in [3.63, 3.8) is 0 Å². The van der Waals surface area contributed by atoms with Crippen LogP contribution in [0, 0.1) is 6.92 Å². The zero-order valence-electron chi connectivity index (χ0n) is 19.2. The largest absolute Gasteiger partial charge is 0.490 e. The smallest absolute Gasteiger partial charge is 0.255 e. The zero-order valence-corrected chi connectivity index (χ0v) is 20.8. The fraction of sp³-hybridized carbons (Fsp3) is 0.154. The molecule has 0 aliphatic rings. The average molecular weight is 512 g/mol. The molecular weight excluding hydrogens is 486 g/mol. The van der Waals surface area contributed by atoms with E-state index in [1.54, 1.807) is 66.7 Å². The molecular formula is C26H26ClN3O4S. The van der Waals surface area contributed by atoms with Crippen LogP contribution in [-0.4, -0.2) is 38.0 Å². The second-order valence-corrected chi connectivity index (χ2v) is 9.99. The van der Waals surface area contributed by atoms with Gasteiger partial charge in [-0.15, -0.1) is 0 Å². The van der Waals surface area contributed by atoms with Gasteiger partial charge < -0.3 is 4.74 Å². The highest BCUT2D eigenvalue weighted by Crippen LogP contribution is 2.22. The Hall–Kier alpha value is -3.46. The molecule has 0 aromatic heterocycles. The normalized spacial score (nSPS) is 11.5. The summed E-state index contributed by atoms with van der Waals surface area (Å²) in [6.07, 6.45) is 3.09. The second kappa shape index (κ2) is 12.3. The van der Waals surface area contributed by atoms with Crippen molar-refractivity contribution in [1.82, 2.24) is 9.73 Å². The van der Waals surface area contributed by atoms with Gasteiger partial charge in [0.1, 0.15) is 12.4 Å². The number of aryl methyl sites for hydroxylation is 1.